The van der Waals surface area contributed by atoms with E-state index in [4.69, 9.17) is 23.2 Å². The molecule has 7 heteroatoms. The average molecular weight is 349 g/mol. The zero-order valence-corrected chi connectivity index (χ0v) is 14.4. The molecule has 3 atom stereocenters. The molecule has 2 amide bonds. The molecule has 5 nitrogen and oxygen atoms in total. The van der Waals surface area contributed by atoms with E-state index in [0.717, 1.165) is 0 Å². The van der Waals surface area contributed by atoms with Crippen LogP contribution in [-0.2, 0) is 0 Å². The quantitative estimate of drug-likeness (QED) is 0.739. The van der Waals surface area contributed by atoms with Crippen LogP contribution in [0.25, 0.3) is 0 Å². The number of nitrogens with zero attached hydrogens (tertiary/aromatic N) is 1. The highest BCUT2D eigenvalue weighted by atomic mass is 35.5. The molecule has 0 unspecified atom stereocenters. The molecule has 0 fully saturated rings. The first-order chi connectivity index (χ1) is 10.3. The van der Waals surface area contributed by atoms with Gasteiger partial charge in [0, 0.05) is 16.6 Å². The lowest BCUT2D eigenvalue weighted by Gasteiger charge is -2.30. The highest BCUT2D eigenvalue weighted by molar-refractivity contribution is 6.33. The maximum absolute atomic E-state index is 12.4. The fourth-order valence-electron chi connectivity index (χ4n) is 2.04. The van der Waals surface area contributed by atoms with Crippen LogP contribution in [0.5, 0.6) is 0 Å². The van der Waals surface area contributed by atoms with Crippen molar-refractivity contribution in [3.63, 3.8) is 0 Å². The van der Waals surface area contributed by atoms with Gasteiger partial charge in [-0.05, 0) is 44.5 Å². The van der Waals surface area contributed by atoms with Crippen LogP contribution >= 0.6 is 23.2 Å². The van der Waals surface area contributed by atoms with Crippen molar-refractivity contribution in [2.75, 3.05) is 13.2 Å². The number of urea groups is 1. The molecule has 0 aliphatic carbocycles. The molecule has 0 aliphatic heterocycles. The first-order valence-corrected chi connectivity index (χ1v) is 7.82. The normalized spacial score (nSPS) is 15.0. The number of hydrogen-bond acceptors (Lipinski definition) is 3. The van der Waals surface area contributed by atoms with Crippen molar-refractivity contribution in [1.82, 2.24) is 10.2 Å². The van der Waals surface area contributed by atoms with E-state index in [0.29, 0.717) is 15.6 Å². The van der Waals surface area contributed by atoms with Crippen LogP contribution in [0.15, 0.2) is 18.2 Å². The minimum Gasteiger partial charge on any atom is -0.394 e. The summed E-state index contributed by atoms with van der Waals surface area (Å²) in [6.45, 7) is 5.02. The summed E-state index contributed by atoms with van der Waals surface area (Å²) in [5.41, 5.74) is 0.705. The zero-order chi connectivity index (χ0) is 16.9. The largest absolute Gasteiger partial charge is 0.394 e. The lowest BCUT2D eigenvalue weighted by atomic mass is 10.1. The van der Waals surface area contributed by atoms with E-state index in [1.54, 1.807) is 39.0 Å². The Morgan fingerprint density at radius 3 is 2.50 bits per heavy atom. The van der Waals surface area contributed by atoms with Crippen LogP contribution in [-0.4, -0.2) is 46.4 Å². The highest BCUT2D eigenvalue weighted by Crippen LogP contribution is 2.26. The number of benzene rings is 1. The molecule has 1 aromatic rings. The smallest absolute Gasteiger partial charge is 0.318 e. The van der Waals surface area contributed by atoms with Gasteiger partial charge in [-0.25, -0.2) is 4.79 Å². The van der Waals surface area contributed by atoms with Crippen molar-refractivity contribution in [2.45, 2.75) is 39.0 Å². The molecule has 3 N–H and O–H groups in total. The maximum atomic E-state index is 12.4. The summed E-state index contributed by atoms with van der Waals surface area (Å²) in [5, 5.41) is 22.6. The van der Waals surface area contributed by atoms with Crippen molar-refractivity contribution in [3.8, 4) is 0 Å². The van der Waals surface area contributed by atoms with Crippen LogP contribution < -0.4 is 5.32 Å². The van der Waals surface area contributed by atoms with Gasteiger partial charge in [-0.15, -0.1) is 0 Å². The van der Waals surface area contributed by atoms with E-state index >= 15 is 0 Å². The number of carbonyl (C=O) groups excluding carboxylic acids is 1. The minimum atomic E-state index is -0.690. The predicted octanol–water partition coefficient (Wildman–Crippen LogP) is 2.83. The van der Waals surface area contributed by atoms with Crippen molar-refractivity contribution >= 4 is 29.2 Å². The van der Waals surface area contributed by atoms with Gasteiger partial charge < -0.3 is 20.4 Å². The SMILES string of the molecule is C[C@@H](O)CN(C(=O)N[C@H](C)c1cc(Cl)ccc1Cl)[C@@H](C)CO. The predicted molar refractivity (Wildman–Crippen MR) is 88.3 cm³/mol. The fourth-order valence-corrected chi connectivity index (χ4v) is 2.50. The van der Waals surface area contributed by atoms with Gasteiger partial charge in [0.15, 0.2) is 0 Å². The molecular weight excluding hydrogens is 327 g/mol. The van der Waals surface area contributed by atoms with E-state index in [2.05, 4.69) is 5.32 Å². The molecule has 0 spiro atoms. The Morgan fingerprint density at radius 2 is 1.95 bits per heavy atom. The molecule has 0 heterocycles. The van der Waals surface area contributed by atoms with Crippen LogP contribution in [0, 0.1) is 0 Å². The summed E-state index contributed by atoms with van der Waals surface area (Å²) in [5.74, 6) is 0. The molecular formula is C15H22Cl2N2O3. The minimum absolute atomic E-state index is 0.129. The molecule has 1 aromatic carbocycles. The van der Waals surface area contributed by atoms with Crippen LogP contribution in [0.1, 0.15) is 32.4 Å². The second kappa shape index (κ2) is 8.58. The van der Waals surface area contributed by atoms with E-state index in [1.165, 1.54) is 4.90 Å². The Labute approximate surface area is 140 Å². The number of aliphatic hydroxyl groups is 2. The van der Waals surface area contributed by atoms with Crippen molar-refractivity contribution in [2.24, 2.45) is 0 Å². The summed E-state index contributed by atoms with van der Waals surface area (Å²) in [7, 11) is 0. The average Bonchev–Trinajstić information content (AvgIpc) is 2.45. The van der Waals surface area contributed by atoms with Crippen molar-refractivity contribution in [3.05, 3.63) is 33.8 Å². The van der Waals surface area contributed by atoms with E-state index in [1.807, 2.05) is 0 Å². The molecule has 1 rings (SSSR count). The van der Waals surface area contributed by atoms with Gasteiger partial charge in [-0.3, -0.25) is 0 Å². The van der Waals surface area contributed by atoms with Crippen LogP contribution in [0.2, 0.25) is 10.0 Å². The summed E-state index contributed by atoms with van der Waals surface area (Å²) >= 11 is 12.1. The fraction of sp³-hybridized carbons (Fsp3) is 0.533. The number of nitrogens with one attached hydrogen (secondary N) is 1. The van der Waals surface area contributed by atoms with Gasteiger partial charge in [0.05, 0.1) is 24.8 Å². The van der Waals surface area contributed by atoms with Crippen molar-refractivity contribution < 1.29 is 15.0 Å². The summed E-state index contributed by atoms with van der Waals surface area (Å²) in [4.78, 5) is 13.8. The number of halogens is 2. The molecule has 0 saturated carbocycles. The Bertz CT molecular complexity index is 512. The topological polar surface area (TPSA) is 72.8 Å². The molecule has 22 heavy (non-hydrogen) atoms. The monoisotopic (exact) mass is 348 g/mol. The molecule has 0 aromatic heterocycles. The van der Waals surface area contributed by atoms with Gasteiger partial charge >= 0.3 is 6.03 Å². The third-order valence-electron chi connectivity index (χ3n) is 3.28. The third kappa shape index (κ3) is 5.32. The van der Waals surface area contributed by atoms with Crippen molar-refractivity contribution in [1.29, 1.82) is 0 Å². The first kappa shape index (κ1) is 19.0. The Morgan fingerprint density at radius 1 is 1.32 bits per heavy atom. The Kier molecular flexibility index (Phi) is 7.42. The number of amides is 2. The van der Waals surface area contributed by atoms with E-state index < -0.39 is 12.1 Å². The molecule has 124 valence electrons. The van der Waals surface area contributed by atoms with Gasteiger partial charge in [-0.1, -0.05) is 23.2 Å². The number of carbonyl (C=O) groups is 1. The lowest BCUT2D eigenvalue weighted by molar-refractivity contribution is 0.0926. The number of rotatable bonds is 6. The molecule has 0 aliphatic rings. The third-order valence-corrected chi connectivity index (χ3v) is 3.86. The zero-order valence-electron chi connectivity index (χ0n) is 12.9. The Balaban J connectivity index is 2.85. The second-order valence-electron chi connectivity index (χ2n) is 5.37. The second-order valence-corrected chi connectivity index (χ2v) is 6.21. The van der Waals surface area contributed by atoms with E-state index in [9.17, 15) is 15.0 Å². The van der Waals surface area contributed by atoms with Gasteiger partial charge in [0.2, 0.25) is 0 Å². The number of aliphatic hydroxyl groups excluding tert-OH is 2. The maximum Gasteiger partial charge on any atom is 0.318 e. The van der Waals surface area contributed by atoms with Crippen LogP contribution in [0.4, 0.5) is 4.79 Å². The Hall–Kier alpha value is -1.01. The van der Waals surface area contributed by atoms with Crippen LogP contribution in [0.3, 0.4) is 0 Å². The molecule has 0 bridgehead atoms. The molecule has 0 saturated heterocycles. The van der Waals surface area contributed by atoms with E-state index in [-0.39, 0.29) is 25.2 Å². The summed E-state index contributed by atoms with van der Waals surface area (Å²) in [6.07, 6.45) is -0.690. The summed E-state index contributed by atoms with van der Waals surface area (Å²) < 4.78 is 0. The van der Waals surface area contributed by atoms with Gasteiger partial charge in [0.1, 0.15) is 0 Å². The number of hydrogen-bond donors (Lipinski definition) is 3. The van der Waals surface area contributed by atoms with Gasteiger partial charge in [-0.2, -0.15) is 0 Å². The standard InChI is InChI=1S/C15H22Cl2N2O3/c1-9(8-20)19(7-10(2)21)15(22)18-11(3)13-6-12(16)4-5-14(13)17/h4-6,9-11,20-21H,7-8H2,1-3H3,(H,18,22)/t9-,10+,11+/m0/s1. The lowest BCUT2D eigenvalue weighted by Crippen LogP contribution is -2.49. The van der Waals surface area contributed by atoms with Gasteiger partial charge in [0.25, 0.3) is 0 Å². The molecule has 0 radical (unpaired) electrons. The highest BCUT2D eigenvalue weighted by Gasteiger charge is 2.23. The first-order valence-electron chi connectivity index (χ1n) is 7.07. The summed E-state index contributed by atoms with van der Waals surface area (Å²) in [6, 6.07) is 3.90.